The summed E-state index contributed by atoms with van der Waals surface area (Å²) in [6, 6.07) is 13.5. The topological polar surface area (TPSA) is 111 Å². The smallest absolute Gasteiger partial charge is 0.338 e. The van der Waals surface area contributed by atoms with Crippen LogP contribution in [-0.2, 0) is 23.9 Å². The molecule has 2 N–H and O–H groups in total. The highest BCUT2D eigenvalue weighted by molar-refractivity contribution is 5.95. The molecule has 0 spiro atoms. The van der Waals surface area contributed by atoms with E-state index in [0.717, 1.165) is 12.0 Å². The molecule has 2 rings (SSSR count). The lowest BCUT2D eigenvalue weighted by Crippen LogP contribution is -2.22. The van der Waals surface area contributed by atoms with Crippen LogP contribution >= 0.6 is 0 Å². The largest absolute Gasteiger partial charge is 0.462 e. The first kappa shape index (κ1) is 23.6. The summed E-state index contributed by atoms with van der Waals surface area (Å²) in [5.41, 5.74) is 2.42. The van der Waals surface area contributed by atoms with Gasteiger partial charge in [0.15, 0.2) is 6.61 Å². The Morgan fingerprint density at radius 3 is 2.23 bits per heavy atom. The average Bonchev–Trinajstić information content (AvgIpc) is 2.76. The predicted molar refractivity (Wildman–Crippen MR) is 116 cm³/mol. The van der Waals surface area contributed by atoms with Crippen molar-refractivity contribution in [2.45, 2.75) is 33.1 Å². The van der Waals surface area contributed by atoms with Crippen LogP contribution < -0.4 is 10.6 Å². The van der Waals surface area contributed by atoms with Crippen molar-refractivity contribution in [3.05, 3.63) is 59.7 Å². The third-order valence-corrected chi connectivity index (χ3v) is 4.18. The second-order valence-electron chi connectivity index (χ2n) is 6.79. The number of rotatable bonds is 10. The molecule has 0 bridgehead atoms. The van der Waals surface area contributed by atoms with Gasteiger partial charge in [0.2, 0.25) is 5.91 Å². The van der Waals surface area contributed by atoms with E-state index in [4.69, 9.17) is 9.47 Å². The summed E-state index contributed by atoms with van der Waals surface area (Å²) in [6.07, 6.45) is 0.475. The first-order chi connectivity index (χ1) is 14.9. The maximum absolute atomic E-state index is 12.0. The molecule has 2 amide bonds. The Morgan fingerprint density at radius 1 is 0.839 bits per heavy atom. The Kier molecular flexibility index (Phi) is 9.22. The van der Waals surface area contributed by atoms with E-state index >= 15 is 0 Å². The van der Waals surface area contributed by atoms with Crippen LogP contribution in [0.25, 0.3) is 0 Å². The minimum Gasteiger partial charge on any atom is -0.462 e. The zero-order valence-corrected chi connectivity index (χ0v) is 17.6. The number of benzene rings is 2. The van der Waals surface area contributed by atoms with Crippen LogP contribution in [0.2, 0.25) is 0 Å². The number of carbonyl (C=O) groups excluding carboxylic acids is 4. The maximum Gasteiger partial charge on any atom is 0.338 e. The van der Waals surface area contributed by atoms with E-state index in [1.807, 2.05) is 26.0 Å². The molecule has 0 heterocycles. The van der Waals surface area contributed by atoms with Gasteiger partial charge in [-0.1, -0.05) is 25.1 Å². The second-order valence-corrected chi connectivity index (χ2v) is 6.79. The van der Waals surface area contributed by atoms with Crippen molar-refractivity contribution in [2.75, 3.05) is 23.8 Å². The molecule has 2 aromatic rings. The van der Waals surface area contributed by atoms with Crippen molar-refractivity contribution >= 4 is 35.1 Å². The molecule has 8 nitrogen and oxygen atoms in total. The number of carbonyl (C=O) groups is 4. The van der Waals surface area contributed by atoms with Crippen LogP contribution in [0, 0.1) is 6.92 Å². The van der Waals surface area contributed by atoms with Gasteiger partial charge in [0.05, 0.1) is 18.6 Å². The first-order valence-corrected chi connectivity index (χ1v) is 9.97. The number of nitrogens with one attached hydrogen (secondary N) is 2. The van der Waals surface area contributed by atoms with Gasteiger partial charge in [-0.15, -0.1) is 0 Å². The van der Waals surface area contributed by atoms with Crippen LogP contribution in [0.3, 0.4) is 0 Å². The molecule has 31 heavy (non-hydrogen) atoms. The third kappa shape index (κ3) is 8.30. The monoisotopic (exact) mass is 426 g/mol. The summed E-state index contributed by atoms with van der Waals surface area (Å²) >= 11 is 0. The number of hydrogen-bond acceptors (Lipinski definition) is 6. The molecule has 2 aromatic carbocycles. The van der Waals surface area contributed by atoms with Crippen molar-refractivity contribution in [2.24, 2.45) is 0 Å². The molecule has 0 saturated carbocycles. The van der Waals surface area contributed by atoms with Gasteiger partial charge in [-0.3, -0.25) is 14.4 Å². The van der Waals surface area contributed by atoms with Crippen molar-refractivity contribution < 1.29 is 28.7 Å². The minimum absolute atomic E-state index is 0.0987. The fourth-order valence-electron chi connectivity index (χ4n) is 2.52. The van der Waals surface area contributed by atoms with Crippen LogP contribution in [0.15, 0.2) is 48.5 Å². The Hall–Kier alpha value is -3.68. The highest BCUT2D eigenvalue weighted by atomic mass is 16.5. The molecule has 0 fully saturated rings. The van der Waals surface area contributed by atoms with Gasteiger partial charge in [0.1, 0.15) is 0 Å². The number of ether oxygens (including phenoxy) is 2. The van der Waals surface area contributed by atoms with Crippen LogP contribution in [0.5, 0.6) is 0 Å². The summed E-state index contributed by atoms with van der Waals surface area (Å²) in [5.74, 6) is -1.91. The van der Waals surface area contributed by atoms with Gasteiger partial charge in [0.25, 0.3) is 5.91 Å². The predicted octanol–water partition coefficient (Wildman–Crippen LogP) is 3.46. The zero-order chi connectivity index (χ0) is 22.6. The molecular formula is C23H26N2O6. The van der Waals surface area contributed by atoms with E-state index in [0.29, 0.717) is 23.5 Å². The standard InChI is InChI=1S/C23H26N2O6/c1-3-14-30-23(29)17-8-10-18(11-9-17)24-20(26)12-13-22(28)31-15-21(27)25-19-7-5-4-6-16(19)2/h4-11H,3,12-15H2,1-2H3,(H,24,26)(H,25,27). The fraction of sp³-hybridized carbons (Fsp3) is 0.304. The Balaban J connectivity index is 1.69. The van der Waals surface area contributed by atoms with Crippen molar-refractivity contribution in [1.29, 1.82) is 0 Å². The second kappa shape index (κ2) is 12.1. The number of esters is 2. The maximum atomic E-state index is 12.0. The highest BCUT2D eigenvalue weighted by Gasteiger charge is 2.12. The van der Waals surface area contributed by atoms with E-state index in [1.165, 1.54) is 0 Å². The number of anilines is 2. The molecule has 0 aliphatic heterocycles. The highest BCUT2D eigenvalue weighted by Crippen LogP contribution is 2.13. The van der Waals surface area contributed by atoms with Gasteiger partial charge in [-0.05, 0) is 49.2 Å². The molecular weight excluding hydrogens is 400 g/mol. The Morgan fingerprint density at radius 2 is 1.55 bits per heavy atom. The number of hydrogen-bond donors (Lipinski definition) is 2. The Labute approximate surface area is 180 Å². The fourth-order valence-corrected chi connectivity index (χ4v) is 2.52. The SMILES string of the molecule is CCCOC(=O)c1ccc(NC(=O)CCC(=O)OCC(=O)Nc2ccccc2C)cc1. The van der Waals surface area contributed by atoms with Gasteiger partial charge >= 0.3 is 11.9 Å². The number of para-hydroxylation sites is 1. The molecule has 0 radical (unpaired) electrons. The van der Waals surface area contributed by atoms with Crippen molar-refractivity contribution in [3.8, 4) is 0 Å². The van der Waals surface area contributed by atoms with Crippen LogP contribution in [0.1, 0.15) is 42.1 Å². The summed E-state index contributed by atoms with van der Waals surface area (Å²) in [7, 11) is 0. The molecule has 0 aliphatic carbocycles. The van der Waals surface area contributed by atoms with Gasteiger partial charge in [-0.25, -0.2) is 4.79 Å². The molecule has 8 heteroatoms. The first-order valence-electron chi connectivity index (χ1n) is 9.97. The normalized spacial score (nSPS) is 10.1. The van der Waals surface area contributed by atoms with Crippen LogP contribution in [0.4, 0.5) is 11.4 Å². The Bertz CT molecular complexity index is 924. The third-order valence-electron chi connectivity index (χ3n) is 4.18. The van der Waals surface area contributed by atoms with E-state index < -0.39 is 24.5 Å². The summed E-state index contributed by atoms with van der Waals surface area (Å²) in [5, 5.41) is 5.29. The molecule has 164 valence electrons. The van der Waals surface area contributed by atoms with Gasteiger partial charge in [-0.2, -0.15) is 0 Å². The van der Waals surface area contributed by atoms with Gasteiger partial charge in [0, 0.05) is 17.8 Å². The van der Waals surface area contributed by atoms with Crippen LogP contribution in [-0.4, -0.2) is 37.0 Å². The number of amides is 2. The quantitative estimate of drug-likeness (QED) is 0.563. The lowest BCUT2D eigenvalue weighted by atomic mass is 10.2. The van der Waals surface area contributed by atoms with E-state index in [9.17, 15) is 19.2 Å². The molecule has 0 atom stereocenters. The van der Waals surface area contributed by atoms with E-state index in [-0.39, 0.29) is 18.7 Å². The lowest BCUT2D eigenvalue weighted by Gasteiger charge is -2.09. The lowest BCUT2D eigenvalue weighted by molar-refractivity contribution is -0.147. The van der Waals surface area contributed by atoms with Gasteiger partial charge < -0.3 is 20.1 Å². The summed E-state index contributed by atoms with van der Waals surface area (Å²) in [4.78, 5) is 47.4. The van der Waals surface area contributed by atoms with Crippen molar-refractivity contribution in [1.82, 2.24) is 0 Å². The van der Waals surface area contributed by atoms with E-state index in [1.54, 1.807) is 36.4 Å². The summed E-state index contributed by atoms with van der Waals surface area (Å²) in [6.45, 7) is 3.68. The van der Waals surface area contributed by atoms with Crippen molar-refractivity contribution in [3.63, 3.8) is 0 Å². The van der Waals surface area contributed by atoms with E-state index in [2.05, 4.69) is 10.6 Å². The molecule has 0 saturated heterocycles. The zero-order valence-electron chi connectivity index (χ0n) is 17.6. The summed E-state index contributed by atoms with van der Waals surface area (Å²) < 4.78 is 9.94. The molecule has 0 unspecified atom stereocenters. The minimum atomic E-state index is -0.649. The number of aryl methyl sites for hydroxylation is 1. The molecule has 0 aliphatic rings. The molecule has 0 aromatic heterocycles. The average molecular weight is 426 g/mol.